The van der Waals surface area contributed by atoms with Gasteiger partial charge in [-0.3, -0.25) is 9.59 Å². The second-order valence-corrected chi connectivity index (χ2v) is 5.06. The lowest BCUT2D eigenvalue weighted by molar-refractivity contribution is -0.123. The molecule has 0 aromatic carbocycles. The van der Waals surface area contributed by atoms with Gasteiger partial charge < -0.3 is 15.0 Å². The van der Waals surface area contributed by atoms with Gasteiger partial charge in [-0.15, -0.1) is 0 Å². The SMILES string of the molecule is Cc1cc(C)c(CNC(=O)C[C@H]2CCCO2)c(=O)[nH]1. The van der Waals surface area contributed by atoms with Crippen molar-refractivity contribution in [2.45, 2.75) is 45.8 Å². The van der Waals surface area contributed by atoms with Crippen molar-refractivity contribution in [3.05, 3.63) is 33.2 Å². The van der Waals surface area contributed by atoms with Crippen molar-refractivity contribution in [3.8, 4) is 0 Å². The van der Waals surface area contributed by atoms with Crippen molar-refractivity contribution >= 4 is 5.91 Å². The molecular formula is C14H20N2O3. The van der Waals surface area contributed by atoms with Crippen LogP contribution in [0.25, 0.3) is 0 Å². The molecule has 0 radical (unpaired) electrons. The highest BCUT2D eigenvalue weighted by Gasteiger charge is 2.19. The fraction of sp³-hybridized carbons (Fsp3) is 0.571. The maximum atomic E-state index is 11.8. The standard InChI is InChI=1S/C14H20N2O3/c1-9-6-10(2)16-14(18)12(9)8-15-13(17)7-11-4-3-5-19-11/h6,11H,3-5,7-8H2,1-2H3,(H,15,17)(H,16,18)/t11-/m1/s1. The Morgan fingerprint density at radius 2 is 2.32 bits per heavy atom. The molecule has 1 aromatic heterocycles. The van der Waals surface area contributed by atoms with Crippen LogP contribution in [0.1, 0.15) is 36.1 Å². The number of hydrogen-bond acceptors (Lipinski definition) is 3. The van der Waals surface area contributed by atoms with Crippen LogP contribution in [0.4, 0.5) is 0 Å². The molecule has 1 saturated heterocycles. The van der Waals surface area contributed by atoms with Crippen molar-refractivity contribution in [3.63, 3.8) is 0 Å². The highest BCUT2D eigenvalue weighted by Crippen LogP contribution is 2.15. The second kappa shape index (κ2) is 6.02. The van der Waals surface area contributed by atoms with Gasteiger partial charge in [0.15, 0.2) is 0 Å². The van der Waals surface area contributed by atoms with Crippen molar-refractivity contribution in [2.75, 3.05) is 6.61 Å². The van der Waals surface area contributed by atoms with E-state index in [1.807, 2.05) is 19.9 Å². The summed E-state index contributed by atoms with van der Waals surface area (Å²) in [6.07, 6.45) is 2.38. The molecule has 104 valence electrons. The number of aromatic amines is 1. The topological polar surface area (TPSA) is 71.2 Å². The molecule has 0 unspecified atom stereocenters. The fourth-order valence-corrected chi connectivity index (χ4v) is 2.37. The first-order valence-electron chi connectivity index (χ1n) is 6.64. The number of H-pyrrole nitrogens is 1. The van der Waals surface area contributed by atoms with Gasteiger partial charge in [-0.05, 0) is 38.3 Å². The lowest BCUT2D eigenvalue weighted by Gasteiger charge is -2.11. The molecular weight excluding hydrogens is 244 g/mol. The predicted octanol–water partition coefficient (Wildman–Crippen LogP) is 1.18. The Kier molecular flexibility index (Phi) is 4.37. The fourth-order valence-electron chi connectivity index (χ4n) is 2.37. The van der Waals surface area contributed by atoms with E-state index in [0.29, 0.717) is 12.0 Å². The summed E-state index contributed by atoms with van der Waals surface area (Å²) >= 11 is 0. The Morgan fingerprint density at radius 1 is 1.53 bits per heavy atom. The molecule has 0 saturated carbocycles. The molecule has 1 aromatic rings. The van der Waals surface area contributed by atoms with Crippen LogP contribution in [0.3, 0.4) is 0 Å². The molecule has 1 fully saturated rings. The van der Waals surface area contributed by atoms with Crippen LogP contribution in [-0.2, 0) is 16.1 Å². The normalized spacial score (nSPS) is 18.5. The Hall–Kier alpha value is -1.62. The van der Waals surface area contributed by atoms with Crippen LogP contribution in [0.2, 0.25) is 0 Å². The van der Waals surface area contributed by atoms with E-state index in [-0.39, 0.29) is 24.1 Å². The third-order valence-corrected chi connectivity index (χ3v) is 3.39. The molecule has 2 N–H and O–H groups in total. The molecule has 5 heteroatoms. The molecule has 19 heavy (non-hydrogen) atoms. The first-order chi connectivity index (χ1) is 9.06. The largest absolute Gasteiger partial charge is 0.378 e. The Balaban J connectivity index is 1.91. The molecule has 1 atom stereocenters. The number of aryl methyl sites for hydroxylation is 2. The maximum Gasteiger partial charge on any atom is 0.253 e. The predicted molar refractivity (Wildman–Crippen MR) is 72.0 cm³/mol. The molecule has 0 bridgehead atoms. The van der Waals surface area contributed by atoms with E-state index in [9.17, 15) is 9.59 Å². The molecule has 0 aliphatic carbocycles. The van der Waals surface area contributed by atoms with Gasteiger partial charge in [0.05, 0.1) is 12.5 Å². The van der Waals surface area contributed by atoms with Crippen molar-refractivity contribution in [2.24, 2.45) is 0 Å². The number of pyridine rings is 1. The second-order valence-electron chi connectivity index (χ2n) is 5.06. The summed E-state index contributed by atoms with van der Waals surface area (Å²) in [4.78, 5) is 26.3. The van der Waals surface area contributed by atoms with Crippen molar-refractivity contribution < 1.29 is 9.53 Å². The number of rotatable bonds is 4. The van der Waals surface area contributed by atoms with E-state index in [0.717, 1.165) is 30.7 Å². The molecule has 2 rings (SSSR count). The number of carbonyl (C=O) groups is 1. The van der Waals surface area contributed by atoms with Crippen molar-refractivity contribution in [1.29, 1.82) is 0 Å². The molecule has 0 spiro atoms. The number of hydrogen-bond donors (Lipinski definition) is 2. The number of nitrogens with one attached hydrogen (secondary N) is 2. The van der Waals surface area contributed by atoms with Crippen LogP contribution in [0.15, 0.2) is 10.9 Å². The molecule has 2 heterocycles. The monoisotopic (exact) mass is 264 g/mol. The quantitative estimate of drug-likeness (QED) is 0.857. The molecule has 5 nitrogen and oxygen atoms in total. The zero-order chi connectivity index (χ0) is 13.8. The van der Waals surface area contributed by atoms with Gasteiger partial charge in [-0.2, -0.15) is 0 Å². The third kappa shape index (κ3) is 3.67. The van der Waals surface area contributed by atoms with Crippen LogP contribution in [0.5, 0.6) is 0 Å². The van der Waals surface area contributed by atoms with Crippen LogP contribution < -0.4 is 10.9 Å². The summed E-state index contributed by atoms with van der Waals surface area (Å²) in [5.41, 5.74) is 2.22. The summed E-state index contributed by atoms with van der Waals surface area (Å²) in [7, 11) is 0. The van der Waals surface area contributed by atoms with Gasteiger partial charge in [0.2, 0.25) is 5.91 Å². The summed E-state index contributed by atoms with van der Waals surface area (Å²) in [5, 5.41) is 2.79. The van der Waals surface area contributed by atoms with E-state index in [1.165, 1.54) is 0 Å². The molecule has 1 aliphatic heterocycles. The minimum absolute atomic E-state index is 0.0393. The van der Waals surface area contributed by atoms with Crippen LogP contribution >= 0.6 is 0 Å². The number of carbonyl (C=O) groups excluding carboxylic acids is 1. The van der Waals surface area contributed by atoms with E-state index < -0.39 is 0 Å². The first kappa shape index (κ1) is 13.8. The van der Waals surface area contributed by atoms with Gasteiger partial charge in [0.1, 0.15) is 0 Å². The van der Waals surface area contributed by atoms with Gasteiger partial charge in [0, 0.05) is 24.4 Å². The molecule has 1 aliphatic rings. The lowest BCUT2D eigenvalue weighted by atomic mass is 10.1. The van der Waals surface area contributed by atoms with Crippen molar-refractivity contribution in [1.82, 2.24) is 10.3 Å². The number of ether oxygens (including phenoxy) is 1. The van der Waals surface area contributed by atoms with Gasteiger partial charge in [-0.25, -0.2) is 0 Å². The van der Waals surface area contributed by atoms with Gasteiger partial charge >= 0.3 is 0 Å². The van der Waals surface area contributed by atoms with E-state index in [1.54, 1.807) is 0 Å². The Bertz CT molecular complexity index is 516. The minimum Gasteiger partial charge on any atom is -0.378 e. The smallest absolute Gasteiger partial charge is 0.253 e. The summed E-state index contributed by atoms with van der Waals surface area (Å²) in [6, 6.07) is 1.91. The minimum atomic E-state index is -0.130. The van der Waals surface area contributed by atoms with Gasteiger partial charge in [-0.1, -0.05) is 0 Å². The Labute approximate surface area is 112 Å². The summed E-state index contributed by atoms with van der Waals surface area (Å²) < 4.78 is 5.41. The third-order valence-electron chi connectivity index (χ3n) is 3.39. The molecule has 1 amide bonds. The van der Waals surface area contributed by atoms with Crippen LogP contribution in [0, 0.1) is 13.8 Å². The van der Waals surface area contributed by atoms with Gasteiger partial charge in [0.25, 0.3) is 5.56 Å². The van der Waals surface area contributed by atoms with E-state index in [4.69, 9.17) is 4.74 Å². The zero-order valence-corrected chi connectivity index (χ0v) is 11.4. The Morgan fingerprint density at radius 3 is 2.95 bits per heavy atom. The highest BCUT2D eigenvalue weighted by molar-refractivity contribution is 5.76. The average Bonchev–Trinajstić information content (AvgIpc) is 2.80. The summed E-state index contributed by atoms with van der Waals surface area (Å²) in [6.45, 7) is 4.74. The maximum absolute atomic E-state index is 11.8. The number of aromatic nitrogens is 1. The number of amides is 1. The average molecular weight is 264 g/mol. The highest BCUT2D eigenvalue weighted by atomic mass is 16.5. The van der Waals surface area contributed by atoms with E-state index >= 15 is 0 Å². The first-order valence-corrected chi connectivity index (χ1v) is 6.64. The summed E-state index contributed by atoms with van der Waals surface area (Å²) in [5.74, 6) is -0.0636. The lowest BCUT2D eigenvalue weighted by Crippen LogP contribution is -2.30. The van der Waals surface area contributed by atoms with Crippen LogP contribution in [-0.4, -0.2) is 23.6 Å². The zero-order valence-electron chi connectivity index (χ0n) is 11.4. The van der Waals surface area contributed by atoms with E-state index in [2.05, 4.69) is 10.3 Å².